The van der Waals surface area contributed by atoms with E-state index in [0.29, 0.717) is 0 Å². The molecule has 0 amide bonds. The minimum atomic E-state index is 0.962. The molecule has 1 aromatic heterocycles. The van der Waals surface area contributed by atoms with Gasteiger partial charge in [0, 0.05) is 9.40 Å². The average Bonchev–Trinajstić information content (AvgIpc) is 2.68. The Balaban J connectivity index is 2.10. The summed E-state index contributed by atoms with van der Waals surface area (Å²) < 4.78 is 4.39. The van der Waals surface area contributed by atoms with Crippen molar-refractivity contribution < 1.29 is 0 Å². The first kappa shape index (κ1) is 18.8. The van der Waals surface area contributed by atoms with Crippen LogP contribution in [0.5, 0.6) is 0 Å². The summed E-state index contributed by atoms with van der Waals surface area (Å²) in [6.45, 7) is 8.46. The number of hydrogen-bond acceptors (Lipinski definition) is 4. The van der Waals surface area contributed by atoms with Crippen LogP contribution in [-0.2, 0) is 0 Å². The molecule has 0 fully saturated rings. The third-order valence-electron chi connectivity index (χ3n) is 4.75. The summed E-state index contributed by atoms with van der Waals surface area (Å²) in [6.07, 6.45) is 0. The molecule has 0 saturated heterocycles. The van der Waals surface area contributed by atoms with Crippen molar-refractivity contribution in [2.24, 2.45) is 9.98 Å². The van der Waals surface area contributed by atoms with Gasteiger partial charge in [0.2, 0.25) is 0 Å². The van der Waals surface area contributed by atoms with Crippen molar-refractivity contribution in [2.45, 2.75) is 27.7 Å². The molecule has 4 rings (SSSR count). The molecule has 4 aromatic rings. The Morgan fingerprint density at radius 3 is 1.21 bits per heavy atom. The van der Waals surface area contributed by atoms with Gasteiger partial charge in [-0.1, -0.05) is 48.5 Å². The highest BCUT2D eigenvalue weighted by Gasteiger charge is 2.05. The Morgan fingerprint density at radius 2 is 0.857 bits per heavy atom. The number of nitrogens with zero attached hydrogens (tertiary/aromatic N) is 2. The van der Waals surface area contributed by atoms with Crippen LogP contribution in [0.25, 0.3) is 9.40 Å². The first-order chi connectivity index (χ1) is 13.5. The first-order valence-corrected chi connectivity index (χ1v) is 10.9. The molecular formula is C24H22N2S2. The molecule has 0 spiro atoms. The van der Waals surface area contributed by atoms with E-state index in [2.05, 4.69) is 88.4 Å². The van der Waals surface area contributed by atoms with Crippen LogP contribution in [0.3, 0.4) is 0 Å². The van der Waals surface area contributed by atoms with Crippen LogP contribution in [-0.4, -0.2) is 0 Å². The summed E-state index contributed by atoms with van der Waals surface area (Å²) in [5.41, 5.74) is 6.82. The highest BCUT2D eigenvalue weighted by atomic mass is 32.1. The second kappa shape index (κ2) is 7.82. The lowest BCUT2D eigenvalue weighted by Crippen LogP contribution is -2.20. The Morgan fingerprint density at radius 1 is 0.500 bits per heavy atom. The fourth-order valence-corrected chi connectivity index (χ4v) is 5.31. The lowest BCUT2D eigenvalue weighted by Gasteiger charge is -2.05. The molecular weight excluding hydrogens is 380 g/mol. The first-order valence-electron chi connectivity index (χ1n) is 9.28. The third-order valence-corrected chi connectivity index (χ3v) is 7.12. The van der Waals surface area contributed by atoms with Crippen LogP contribution in [0.1, 0.15) is 22.3 Å². The Hall–Kier alpha value is -2.56. The molecule has 140 valence electrons. The largest absolute Gasteiger partial charge is 0.234 e. The third kappa shape index (κ3) is 3.71. The van der Waals surface area contributed by atoms with Crippen molar-refractivity contribution in [1.29, 1.82) is 0 Å². The van der Waals surface area contributed by atoms with Gasteiger partial charge in [-0.2, -0.15) is 0 Å². The summed E-state index contributed by atoms with van der Waals surface area (Å²) >= 11 is 3.41. The maximum absolute atomic E-state index is 5.08. The molecule has 0 saturated carbocycles. The second-order valence-electron chi connectivity index (χ2n) is 6.97. The van der Waals surface area contributed by atoms with Crippen LogP contribution in [0.2, 0.25) is 0 Å². The summed E-state index contributed by atoms with van der Waals surface area (Å²) in [7, 11) is 0. The fraction of sp³-hybridized carbons (Fsp3) is 0.167. The average molecular weight is 403 g/mol. The minimum absolute atomic E-state index is 0.962. The zero-order valence-corrected chi connectivity index (χ0v) is 18.1. The lowest BCUT2D eigenvalue weighted by molar-refractivity contribution is 1.24. The van der Waals surface area contributed by atoms with Gasteiger partial charge in [-0.25, -0.2) is 9.98 Å². The molecule has 3 aromatic carbocycles. The topological polar surface area (TPSA) is 24.7 Å². The number of benzene rings is 3. The van der Waals surface area contributed by atoms with E-state index in [9.17, 15) is 0 Å². The van der Waals surface area contributed by atoms with Crippen molar-refractivity contribution in [3.63, 3.8) is 0 Å². The van der Waals surface area contributed by atoms with Crippen molar-refractivity contribution in [2.75, 3.05) is 0 Å². The molecule has 0 atom stereocenters. The van der Waals surface area contributed by atoms with E-state index in [1.807, 2.05) is 0 Å². The fourth-order valence-electron chi connectivity index (χ4n) is 3.22. The number of aryl methyl sites for hydroxylation is 4. The molecule has 0 aliphatic carbocycles. The molecule has 4 heteroatoms. The molecule has 0 aliphatic rings. The number of fused-ring (bicyclic) bond motifs is 1. The quantitative estimate of drug-likeness (QED) is 0.358. The van der Waals surface area contributed by atoms with Crippen LogP contribution in [0.15, 0.2) is 70.6 Å². The van der Waals surface area contributed by atoms with Crippen LogP contribution >= 0.6 is 22.7 Å². The SMILES string of the molecule is Cc1cccc(C)c1/N=c1\sc2ccccc2s\c1=N\c1c(C)cccc1C. The Kier molecular flexibility index (Phi) is 5.25. The maximum Gasteiger partial charge on any atom is 0.153 e. The van der Waals surface area contributed by atoms with Crippen molar-refractivity contribution in [3.8, 4) is 0 Å². The molecule has 0 N–H and O–H groups in total. The van der Waals surface area contributed by atoms with Gasteiger partial charge in [0.15, 0.2) is 9.34 Å². The van der Waals surface area contributed by atoms with E-state index < -0.39 is 0 Å². The van der Waals surface area contributed by atoms with E-state index in [-0.39, 0.29) is 0 Å². The van der Waals surface area contributed by atoms with Gasteiger partial charge < -0.3 is 0 Å². The molecule has 2 nitrogen and oxygen atoms in total. The van der Waals surface area contributed by atoms with E-state index in [4.69, 9.17) is 9.98 Å². The van der Waals surface area contributed by atoms with Crippen LogP contribution in [0, 0.1) is 27.7 Å². The minimum Gasteiger partial charge on any atom is -0.234 e. The lowest BCUT2D eigenvalue weighted by atomic mass is 10.1. The molecule has 0 unspecified atom stereocenters. The monoisotopic (exact) mass is 402 g/mol. The van der Waals surface area contributed by atoms with Crippen molar-refractivity contribution in [1.82, 2.24) is 0 Å². The molecule has 0 aliphatic heterocycles. The van der Waals surface area contributed by atoms with E-state index in [0.717, 1.165) is 20.7 Å². The maximum atomic E-state index is 5.08. The van der Waals surface area contributed by atoms with Crippen LogP contribution < -0.4 is 9.34 Å². The summed E-state index contributed by atoms with van der Waals surface area (Å²) in [5.74, 6) is 0. The van der Waals surface area contributed by atoms with Crippen molar-refractivity contribution >= 4 is 43.4 Å². The standard InChI is InChI=1S/C24H22N2S2/c1-15-9-7-10-16(2)21(15)25-23-24(26-22-17(3)11-8-12-18(22)4)28-20-14-6-5-13-19(20)27-23/h5-14H,1-4H3/b25-23-,26-24+. The smallest absolute Gasteiger partial charge is 0.153 e. The predicted octanol–water partition coefficient (Wildman–Crippen LogP) is 6.66. The Bertz CT molecular complexity index is 1170. The van der Waals surface area contributed by atoms with E-state index >= 15 is 0 Å². The van der Waals surface area contributed by atoms with Gasteiger partial charge >= 0.3 is 0 Å². The van der Waals surface area contributed by atoms with Gasteiger partial charge in [-0.15, -0.1) is 22.7 Å². The van der Waals surface area contributed by atoms with Gasteiger partial charge in [0.1, 0.15) is 0 Å². The van der Waals surface area contributed by atoms with Crippen molar-refractivity contribution in [3.05, 3.63) is 92.3 Å². The normalized spacial score (nSPS) is 12.7. The second-order valence-corrected chi connectivity index (χ2v) is 9.03. The number of hydrogen-bond donors (Lipinski definition) is 0. The summed E-state index contributed by atoms with van der Waals surface area (Å²) in [4.78, 5) is 10.2. The predicted molar refractivity (Wildman–Crippen MR) is 122 cm³/mol. The van der Waals surface area contributed by atoms with E-state index in [1.165, 1.54) is 31.7 Å². The van der Waals surface area contributed by atoms with Gasteiger partial charge in [0.25, 0.3) is 0 Å². The highest BCUT2D eigenvalue weighted by Crippen LogP contribution is 2.25. The van der Waals surface area contributed by atoms with Gasteiger partial charge in [-0.05, 0) is 62.1 Å². The molecule has 0 bridgehead atoms. The summed E-state index contributed by atoms with van der Waals surface area (Å²) in [6, 6.07) is 21.1. The highest BCUT2D eigenvalue weighted by molar-refractivity contribution is 7.25. The van der Waals surface area contributed by atoms with Gasteiger partial charge in [0.05, 0.1) is 11.4 Å². The van der Waals surface area contributed by atoms with Gasteiger partial charge in [-0.3, -0.25) is 0 Å². The number of para-hydroxylation sites is 2. The Labute approximate surface area is 173 Å². The molecule has 0 radical (unpaired) electrons. The zero-order valence-electron chi connectivity index (χ0n) is 16.5. The molecule has 1 heterocycles. The van der Waals surface area contributed by atoms with Crippen LogP contribution in [0.4, 0.5) is 11.4 Å². The zero-order chi connectivity index (χ0) is 19.7. The number of rotatable bonds is 2. The molecule has 28 heavy (non-hydrogen) atoms. The van der Waals surface area contributed by atoms with E-state index in [1.54, 1.807) is 22.7 Å². The summed E-state index contributed by atoms with van der Waals surface area (Å²) in [5, 5.41) is 0.